The van der Waals surface area contributed by atoms with E-state index in [1.54, 1.807) is 6.07 Å². The van der Waals surface area contributed by atoms with Gasteiger partial charge in [-0.2, -0.15) is 0 Å². The summed E-state index contributed by atoms with van der Waals surface area (Å²) in [4.78, 5) is 22.8. The van der Waals surface area contributed by atoms with E-state index in [1.807, 2.05) is 0 Å². The van der Waals surface area contributed by atoms with E-state index >= 15 is 0 Å². The Balaban J connectivity index is 1.33. The first kappa shape index (κ1) is 22.9. The lowest BCUT2D eigenvalue weighted by Crippen LogP contribution is -2.64. The van der Waals surface area contributed by atoms with Gasteiger partial charge in [-0.25, -0.2) is 9.18 Å². The number of carbonyl (C=O) groups is 2. The molecule has 176 valence electrons. The topological polar surface area (TPSA) is 106 Å². The third-order valence-corrected chi connectivity index (χ3v) is 6.75. The molecule has 3 aliphatic rings. The summed E-state index contributed by atoms with van der Waals surface area (Å²) in [5, 5.41) is 15.5. The summed E-state index contributed by atoms with van der Waals surface area (Å²) in [7, 11) is 0. The fourth-order valence-corrected chi connectivity index (χ4v) is 5.36. The number of carboxylic acids is 1. The lowest BCUT2D eigenvalue weighted by atomic mass is 9.82. The van der Waals surface area contributed by atoms with Crippen molar-refractivity contribution in [1.29, 1.82) is 0 Å². The lowest BCUT2D eigenvalue weighted by Gasteiger charge is -2.39. The SMILES string of the molecule is C[C@@H]1CC2(COCC(=O)N2)C(COC2CCC(c3c(F)cccc3OCC(=O)O)CC2)N1. The van der Waals surface area contributed by atoms with Crippen molar-refractivity contribution in [2.24, 2.45) is 0 Å². The highest BCUT2D eigenvalue weighted by atomic mass is 19.1. The third-order valence-electron chi connectivity index (χ3n) is 6.75. The molecule has 1 aliphatic carbocycles. The predicted octanol–water partition coefficient (Wildman–Crippen LogP) is 1.97. The third kappa shape index (κ3) is 5.05. The number of halogens is 1. The van der Waals surface area contributed by atoms with Crippen molar-refractivity contribution in [3.05, 3.63) is 29.6 Å². The Hall–Kier alpha value is -2.23. The minimum atomic E-state index is -1.09. The van der Waals surface area contributed by atoms with Crippen LogP contribution in [0.25, 0.3) is 0 Å². The molecule has 8 nitrogen and oxygen atoms in total. The first-order valence-corrected chi connectivity index (χ1v) is 11.3. The number of hydrogen-bond acceptors (Lipinski definition) is 6. The van der Waals surface area contributed by atoms with E-state index in [9.17, 15) is 14.0 Å². The molecular weight excluding hydrogens is 419 g/mol. The fraction of sp³-hybridized carbons (Fsp3) is 0.652. The Morgan fingerprint density at radius 3 is 2.81 bits per heavy atom. The molecule has 1 aromatic carbocycles. The second kappa shape index (κ2) is 9.72. The molecule has 0 bridgehead atoms. The van der Waals surface area contributed by atoms with Crippen LogP contribution in [0, 0.1) is 5.82 Å². The molecule has 1 aromatic rings. The zero-order chi connectivity index (χ0) is 22.7. The largest absolute Gasteiger partial charge is 0.482 e. The van der Waals surface area contributed by atoms with E-state index in [0.717, 1.165) is 32.1 Å². The van der Waals surface area contributed by atoms with Crippen molar-refractivity contribution < 1.29 is 33.3 Å². The Labute approximate surface area is 186 Å². The average molecular weight is 451 g/mol. The van der Waals surface area contributed by atoms with E-state index < -0.39 is 18.1 Å². The van der Waals surface area contributed by atoms with Gasteiger partial charge in [0.15, 0.2) is 6.61 Å². The van der Waals surface area contributed by atoms with Crippen molar-refractivity contribution in [2.45, 2.75) is 68.7 Å². The van der Waals surface area contributed by atoms with Gasteiger partial charge >= 0.3 is 5.97 Å². The molecule has 0 radical (unpaired) electrons. The minimum Gasteiger partial charge on any atom is -0.482 e. The van der Waals surface area contributed by atoms with Crippen LogP contribution < -0.4 is 15.4 Å². The number of rotatable bonds is 7. The number of morpholine rings is 1. The minimum absolute atomic E-state index is 0.0259. The Bertz CT molecular complexity index is 844. The van der Waals surface area contributed by atoms with Gasteiger partial charge in [-0.15, -0.1) is 0 Å². The lowest BCUT2D eigenvalue weighted by molar-refractivity contribution is -0.139. The maximum Gasteiger partial charge on any atom is 0.341 e. The van der Waals surface area contributed by atoms with Gasteiger partial charge in [0.2, 0.25) is 5.91 Å². The number of hydrogen-bond donors (Lipinski definition) is 3. The highest BCUT2D eigenvalue weighted by molar-refractivity contribution is 5.79. The number of nitrogens with one attached hydrogen (secondary N) is 2. The molecule has 9 heteroatoms. The molecule has 32 heavy (non-hydrogen) atoms. The van der Waals surface area contributed by atoms with Gasteiger partial charge in [0, 0.05) is 11.6 Å². The van der Waals surface area contributed by atoms with E-state index in [-0.39, 0.29) is 42.4 Å². The maximum atomic E-state index is 14.6. The zero-order valence-electron chi connectivity index (χ0n) is 18.3. The summed E-state index contributed by atoms with van der Waals surface area (Å²) in [6, 6.07) is 4.77. The summed E-state index contributed by atoms with van der Waals surface area (Å²) < 4.78 is 31.6. The second-order valence-corrected chi connectivity index (χ2v) is 9.16. The van der Waals surface area contributed by atoms with Gasteiger partial charge in [0.25, 0.3) is 0 Å². The molecule has 3 fully saturated rings. The van der Waals surface area contributed by atoms with Gasteiger partial charge < -0.3 is 30.0 Å². The van der Waals surface area contributed by atoms with Crippen molar-refractivity contribution in [2.75, 3.05) is 26.4 Å². The van der Waals surface area contributed by atoms with Crippen LogP contribution in [0.1, 0.15) is 50.5 Å². The van der Waals surface area contributed by atoms with Crippen LogP contribution >= 0.6 is 0 Å². The number of aliphatic carboxylic acids is 1. The van der Waals surface area contributed by atoms with Crippen LogP contribution in [0.15, 0.2) is 18.2 Å². The molecule has 3 atom stereocenters. The number of amides is 1. The number of ether oxygens (including phenoxy) is 3. The summed E-state index contributed by atoms with van der Waals surface area (Å²) in [5.41, 5.74) is 0.0229. The fourth-order valence-electron chi connectivity index (χ4n) is 5.36. The monoisotopic (exact) mass is 450 g/mol. The molecule has 0 aromatic heterocycles. The van der Waals surface area contributed by atoms with Crippen LogP contribution in [0.2, 0.25) is 0 Å². The number of carbonyl (C=O) groups excluding carboxylic acids is 1. The molecule has 1 spiro atoms. The molecular formula is C23H31FN2O6. The summed E-state index contributed by atoms with van der Waals surface area (Å²) in [6.07, 6.45) is 3.86. The van der Waals surface area contributed by atoms with Gasteiger partial charge in [-0.3, -0.25) is 4.79 Å². The van der Waals surface area contributed by atoms with E-state index in [2.05, 4.69) is 17.6 Å². The Kier molecular flexibility index (Phi) is 6.97. The predicted molar refractivity (Wildman–Crippen MR) is 113 cm³/mol. The van der Waals surface area contributed by atoms with Crippen LogP contribution in [0.3, 0.4) is 0 Å². The summed E-state index contributed by atoms with van der Waals surface area (Å²) in [5.74, 6) is -1.29. The van der Waals surface area contributed by atoms with Crippen LogP contribution in [0.4, 0.5) is 4.39 Å². The van der Waals surface area contributed by atoms with Crippen LogP contribution in [-0.4, -0.2) is 67.1 Å². The molecule has 4 rings (SSSR count). The molecule has 2 saturated heterocycles. The van der Waals surface area contributed by atoms with Crippen LogP contribution in [0.5, 0.6) is 5.75 Å². The van der Waals surface area contributed by atoms with Gasteiger partial charge in [-0.1, -0.05) is 6.07 Å². The quantitative estimate of drug-likeness (QED) is 0.583. The normalized spacial score (nSPS) is 32.6. The summed E-state index contributed by atoms with van der Waals surface area (Å²) >= 11 is 0. The number of carboxylic acid groups (broad SMARTS) is 1. The number of benzene rings is 1. The molecule has 3 N–H and O–H groups in total. The van der Waals surface area contributed by atoms with E-state index in [0.29, 0.717) is 24.5 Å². The van der Waals surface area contributed by atoms with E-state index in [4.69, 9.17) is 19.3 Å². The average Bonchev–Trinajstić information content (AvgIpc) is 3.05. The zero-order valence-corrected chi connectivity index (χ0v) is 18.3. The van der Waals surface area contributed by atoms with E-state index in [1.165, 1.54) is 12.1 Å². The smallest absolute Gasteiger partial charge is 0.341 e. The highest BCUT2D eigenvalue weighted by Crippen LogP contribution is 2.40. The van der Waals surface area contributed by atoms with Crippen molar-refractivity contribution in [3.63, 3.8) is 0 Å². The maximum absolute atomic E-state index is 14.6. The van der Waals surface area contributed by atoms with Crippen molar-refractivity contribution in [1.82, 2.24) is 10.6 Å². The Morgan fingerprint density at radius 1 is 1.31 bits per heavy atom. The van der Waals surface area contributed by atoms with Crippen molar-refractivity contribution in [3.8, 4) is 5.75 Å². The molecule has 2 heterocycles. The Morgan fingerprint density at radius 2 is 2.09 bits per heavy atom. The first-order chi connectivity index (χ1) is 15.4. The first-order valence-electron chi connectivity index (χ1n) is 11.3. The van der Waals surface area contributed by atoms with Crippen LogP contribution in [-0.2, 0) is 19.1 Å². The standard InChI is InChI=1S/C23H31FN2O6/c1-14-9-23(13-30-11-20(27)26-23)19(25-14)10-31-16-7-5-15(6-8-16)22-17(24)3-2-4-18(22)32-12-21(28)29/h2-4,14-16,19,25H,5-13H2,1H3,(H,26,27)(H,28,29)/t14-,15?,16?,19?,23?/m1/s1. The van der Waals surface area contributed by atoms with Gasteiger partial charge in [0.1, 0.15) is 18.2 Å². The van der Waals surface area contributed by atoms with Crippen molar-refractivity contribution >= 4 is 11.9 Å². The molecule has 1 saturated carbocycles. The molecule has 2 unspecified atom stereocenters. The summed E-state index contributed by atoms with van der Waals surface area (Å²) in [6.45, 7) is 2.64. The highest BCUT2D eigenvalue weighted by Gasteiger charge is 2.49. The molecule has 1 amide bonds. The van der Waals surface area contributed by atoms with Gasteiger partial charge in [-0.05, 0) is 57.1 Å². The van der Waals surface area contributed by atoms with Gasteiger partial charge in [0.05, 0.1) is 30.9 Å². The molecule has 2 aliphatic heterocycles. The second-order valence-electron chi connectivity index (χ2n) is 9.16.